The number of ether oxygens (including phenoxy) is 5. The minimum absolute atomic E-state index is 0.0644. The van der Waals surface area contributed by atoms with E-state index in [0.717, 1.165) is 5.56 Å². The molecule has 0 saturated carbocycles. The van der Waals surface area contributed by atoms with Crippen molar-refractivity contribution in [3.05, 3.63) is 47.5 Å². The normalized spacial score (nSPS) is 11.6. The van der Waals surface area contributed by atoms with Gasteiger partial charge in [0, 0.05) is 23.7 Å². The predicted molar refractivity (Wildman–Crippen MR) is 122 cm³/mol. The van der Waals surface area contributed by atoms with Crippen molar-refractivity contribution in [3.8, 4) is 17.2 Å². The molecule has 2 aromatic rings. The molecule has 2 rings (SSSR count). The Morgan fingerprint density at radius 2 is 1.70 bits per heavy atom. The van der Waals surface area contributed by atoms with Gasteiger partial charge in [0.05, 0.1) is 26.9 Å². The minimum Gasteiger partial charge on any atom is -0.493 e. The fraction of sp³-hybridized carbons (Fsp3) is 0.417. The molecule has 1 amide bonds. The zero-order chi connectivity index (χ0) is 24.4. The van der Waals surface area contributed by atoms with Gasteiger partial charge >= 0.3 is 12.1 Å². The van der Waals surface area contributed by atoms with Gasteiger partial charge in [-0.3, -0.25) is 5.32 Å². The molecule has 0 aliphatic rings. The number of carbonyl (C=O) groups excluding carboxylic acids is 1. The van der Waals surface area contributed by atoms with Crippen molar-refractivity contribution in [2.24, 2.45) is 0 Å². The standard InChI is InChI=1S/C24H31NO8/c1-6-31-19-9-7-16(12-22(23(26)27)33-15(2)3)11-17(19)14-32-24(28)25-18-8-10-20(29-4)21(13-18)30-5/h7-11,13,15,22H,6,12,14H2,1-5H3,(H,25,28)(H,26,27). The summed E-state index contributed by atoms with van der Waals surface area (Å²) in [4.78, 5) is 23.9. The second kappa shape index (κ2) is 12.5. The quantitative estimate of drug-likeness (QED) is 0.482. The highest BCUT2D eigenvalue weighted by Gasteiger charge is 2.21. The van der Waals surface area contributed by atoms with E-state index in [0.29, 0.717) is 35.1 Å². The van der Waals surface area contributed by atoms with Crippen LogP contribution in [-0.2, 0) is 27.3 Å². The summed E-state index contributed by atoms with van der Waals surface area (Å²) in [6, 6.07) is 10.2. The molecule has 9 heteroatoms. The fourth-order valence-corrected chi connectivity index (χ4v) is 3.12. The summed E-state index contributed by atoms with van der Waals surface area (Å²) in [5.74, 6) is 0.524. The molecule has 0 saturated heterocycles. The Labute approximate surface area is 193 Å². The average molecular weight is 462 g/mol. The maximum Gasteiger partial charge on any atom is 0.411 e. The lowest BCUT2D eigenvalue weighted by Gasteiger charge is -2.18. The molecule has 0 spiro atoms. The maximum atomic E-state index is 12.3. The Morgan fingerprint density at radius 1 is 1.00 bits per heavy atom. The van der Waals surface area contributed by atoms with Crippen LogP contribution in [0.5, 0.6) is 17.2 Å². The van der Waals surface area contributed by atoms with Crippen LogP contribution in [0.25, 0.3) is 0 Å². The molecule has 33 heavy (non-hydrogen) atoms. The second-order valence-corrected chi connectivity index (χ2v) is 7.36. The van der Waals surface area contributed by atoms with Gasteiger partial charge in [-0.1, -0.05) is 6.07 Å². The van der Waals surface area contributed by atoms with Crippen LogP contribution in [0.2, 0.25) is 0 Å². The van der Waals surface area contributed by atoms with E-state index in [1.54, 1.807) is 50.2 Å². The van der Waals surface area contributed by atoms with Crippen LogP contribution < -0.4 is 19.5 Å². The Balaban J connectivity index is 2.10. The average Bonchev–Trinajstić information content (AvgIpc) is 2.78. The summed E-state index contributed by atoms with van der Waals surface area (Å²) in [5.41, 5.74) is 1.82. The summed E-state index contributed by atoms with van der Waals surface area (Å²) in [6.45, 7) is 5.78. The number of aliphatic carboxylic acids is 1. The smallest absolute Gasteiger partial charge is 0.411 e. The molecule has 2 N–H and O–H groups in total. The molecule has 0 radical (unpaired) electrons. The van der Waals surface area contributed by atoms with Crippen molar-refractivity contribution >= 4 is 17.7 Å². The number of hydrogen-bond donors (Lipinski definition) is 2. The van der Waals surface area contributed by atoms with E-state index in [2.05, 4.69) is 5.32 Å². The van der Waals surface area contributed by atoms with Crippen molar-refractivity contribution in [1.82, 2.24) is 0 Å². The second-order valence-electron chi connectivity index (χ2n) is 7.36. The lowest BCUT2D eigenvalue weighted by atomic mass is 10.0. The zero-order valence-electron chi connectivity index (χ0n) is 19.5. The van der Waals surface area contributed by atoms with Crippen LogP contribution in [0, 0.1) is 0 Å². The van der Waals surface area contributed by atoms with E-state index in [9.17, 15) is 14.7 Å². The third kappa shape index (κ3) is 7.87. The van der Waals surface area contributed by atoms with Crippen LogP contribution in [0.1, 0.15) is 31.9 Å². The van der Waals surface area contributed by atoms with E-state index < -0.39 is 18.2 Å². The molecular weight excluding hydrogens is 430 g/mol. The van der Waals surface area contributed by atoms with E-state index in [-0.39, 0.29) is 19.1 Å². The number of methoxy groups -OCH3 is 2. The molecule has 180 valence electrons. The first-order valence-corrected chi connectivity index (χ1v) is 10.6. The van der Waals surface area contributed by atoms with Gasteiger partial charge < -0.3 is 28.8 Å². The number of hydrogen-bond acceptors (Lipinski definition) is 7. The van der Waals surface area contributed by atoms with Crippen molar-refractivity contribution in [2.45, 2.75) is 46.0 Å². The number of anilines is 1. The predicted octanol–water partition coefficient (Wildman–Crippen LogP) is 4.27. The highest BCUT2D eigenvalue weighted by Crippen LogP contribution is 2.30. The van der Waals surface area contributed by atoms with Crippen molar-refractivity contribution in [2.75, 3.05) is 26.1 Å². The Kier molecular flexibility index (Phi) is 9.81. The van der Waals surface area contributed by atoms with Gasteiger partial charge in [-0.2, -0.15) is 0 Å². The molecule has 1 unspecified atom stereocenters. The summed E-state index contributed by atoms with van der Waals surface area (Å²) in [5, 5.41) is 12.1. The zero-order valence-corrected chi connectivity index (χ0v) is 19.5. The number of carboxylic acids is 1. The van der Waals surface area contributed by atoms with Crippen LogP contribution in [0.4, 0.5) is 10.5 Å². The first-order valence-electron chi connectivity index (χ1n) is 10.6. The maximum absolute atomic E-state index is 12.3. The van der Waals surface area contributed by atoms with E-state index >= 15 is 0 Å². The van der Waals surface area contributed by atoms with Gasteiger partial charge in [0.1, 0.15) is 12.4 Å². The first-order chi connectivity index (χ1) is 15.8. The fourth-order valence-electron chi connectivity index (χ4n) is 3.12. The van der Waals surface area contributed by atoms with Crippen molar-refractivity contribution in [1.29, 1.82) is 0 Å². The minimum atomic E-state index is -1.04. The number of carboxylic acid groups (broad SMARTS) is 1. The number of carbonyl (C=O) groups is 2. The number of benzene rings is 2. The largest absolute Gasteiger partial charge is 0.493 e. The first kappa shape index (κ1) is 25.8. The molecule has 0 heterocycles. The molecule has 0 aliphatic carbocycles. The summed E-state index contributed by atoms with van der Waals surface area (Å²) < 4.78 is 26.9. The number of rotatable bonds is 12. The third-order valence-corrected chi connectivity index (χ3v) is 4.55. The van der Waals surface area contributed by atoms with Gasteiger partial charge in [-0.15, -0.1) is 0 Å². The number of nitrogens with one attached hydrogen (secondary N) is 1. The van der Waals surface area contributed by atoms with Crippen molar-refractivity contribution in [3.63, 3.8) is 0 Å². The molecule has 0 bridgehead atoms. The van der Waals surface area contributed by atoms with Gasteiger partial charge in [-0.05, 0) is 50.6 Å². The highest BCUT2D eigenvalue weighted by molar-refractivity contribution is 5.85. The molecule has 9 nitrogen and oxygen atoms in total. The van der Waals surface area contributed by atoms with Crippen LogP contribution in [0.15, 0.2) is 36.4 Å². The monoisotopic (exact) mass is 461 g/mol. The van der Waals surface area contributed by atoms with Crippen LogP contribution in [0.3, 0.4) is 0 Å². The third-order valence-electron chi connectivity index (χ3n) is 4.55. The van der Waals surface area contributed by atoms with Gasteiger partial charge in [0.25, 0.3) is 0 Å². The molecule has 1 atom stereocenters. The van der Waals surface area contributed by atoms with E-state index in [4.69, 9.17) is 23.7 Å². The van der Waals surface area contributed by atoms with Crippen molar-refractivity contribution < 1.29 is 38.4 Å². The van der Waals surface area contributed by atoms with Crippen LogP contribution in [-0.4, -0.2) is 50.2 Å². The topological polar surface area (TPSA) is 113 Å². The lowest BCUT2D eigenvalue weighted by Crippen LogP contribution is -2.29. The van der Waals surface area contributed by atoms with E-state index in [1.807, 2.05) is 6.92 Å². The van der Waals surface area contributed by atoms with Crippen LogP contribution >= 0.6 is 0 Å². The molecule has 0 aliphatic heterocycles. The summed E-state index contributed by atoms with van der Waals surface area (Å²) in [7, 11) is 3.03. The summed E-state index contributed by atoms with van der Waals surface area (Å²) >= 11 is 0. The SMILES string of the molecule is CCOc1ccc(CC(OC(C)C)C(=O)O)cc1COC(=O)Nc1ccc(OC)c(OC)c1. The summed E-state index contributed by atoms with van der Waals surface area (Å²) in [6.07, 6.45) is -1.70. The Morgan fingerprint density at radius 3 is 2.30 bits per heavy atom. The Hall–Kier alpha value is -3.46. The molecule has 2 aromatic carbocycles. The highest BCUT2D eigenvalue weighted by atomic mass is 16.6. The Bertz CT molecular complexity index is 944. The molecule has 0 fully saturated rings. The molecular formula is C24H31NO8. The van der Waals surface area contributed by atoms with E-state index in [1.165, 1.54) is 14.2 Å². The molecule has 0 aromatic heterocycles. The van der Waals surface area contributed by atoms with Gasteiger partial charge in [-0.25, -0.2) is 9.59 Å². The van der Waals surface area contributed by atoms with Gasteiger partial charge in [0.2, 0.25) is 0 Å². The lowest BCUT2D eigenvalue weighted by molar-refractivity contribution is -0.153. The number of amides is 1. The van der Waals surface area contributed by atoms with Gasteiger partial charge in [0.15, 0.2) is 17.6 Å².